The van der Waals surface area contributed by atoms with Crippen molar-refractivity contribution in [3.63, 3.8) is 0 Å². The molecule has 1 atom stereocenters. The average Bonchev–Trinajstić information content (AvgIpc) is 2.69. The molecule has 1 amide bonds. The number of likely N-dealkylation sites (N-methyl/N-ethyl adjacent to an activating group) is 1. The first-order valence-electron chi connectivity index (χ1n) is 8.98. The van der Waals surface area contributed by atoms with E-state index < -0.39 is 5.97 Å². The van der Waals surface area contributed by atoms with Gasteiger partial charge < -0.3 is 10.0 Å². The summed E-state index contributed by atoms with van der Waals surface area (Å²) >= 11 is 0. The van der Waals surface area contributed by atoms with Gasteiger partial charge in [0.25, 0.3) is 0 Å². The van der Waals surface area contributed by atoms with Crippen molar-refractivity contribution >= 4 is 11.9 Å². The summed E-state index contributed by atoms with van der Waals surface area (Å²) in [5.41, 5.74) is 2.58. The van der Waals surface area contributed by atoms with Crippen molar-refractivity contribution in [2.24, 2.45) is 0 Å². The summed E-state index contributed by atoms with van der Waals surface area (Å²) in [7, 11) is 1.95. The van der Waals surface area contributed by atoms with Crippen molar-refractivity contribution in [2.45, 2.75) is 58.0 Å². The summed E-state index contributed by atoms with van der Waals surface area (Å²) in [6.45, 7) is 7.58. The van der Waals surface area contributed by atoms with E-state index >= 15 is 0 Å². The Morgan fingerprint density at radius 1 is 1.24 bits per heavy atom. The van der Waals surface area contributed by atoms with Crippen molar-refractivity contribution in [3.8, 4) is 0 Å². The van der Waals surface area contributed by atoms with Crippen LogP contribution >= 0.6 is 0 Å². The lowest BCUT2D eigenvalue weighted by Crippen LogP contribution is -2.47. The van der Waals surface area contributed by atoms with Gasteiger partial charge in [0.15, 0.2) is 0 Å². The zero-order chi connectivity index (χ0) is 18.6. The minimum atomic E-state index is -0.950. The van der Waals surface area contributed by atoms with E-state index in [1.54, 1.807) is 0 Å². The molecular formula is C20H30N2O3. The Balaban J connectivity index is 2.06. The molecular weight excluding hydrogens is 316 g/mol. The largest absolute Gasteiger partial charge is 0.480 e. The van der Waals surface area contributed by atoms with Crippen LogP contribution in [0.1, 0.15) is 51.2 Å². The van der Waals surface area contributed by atoms with Crippen molar-refractivity contribution in [1.82, 2.24) is 9.80 Å². The van der Waals surface area contributed by atoms with Crippen molar-refractivity contribution in [1.29, 1.82) is 0 Å². The van der Waals surface area contributed by atoms with Gasteiger partial charge >= 0.3 is 5.97 Å². The van der Waals surface area contributed by atoms with E-state index in [1.807, 2.05) is 7.05 Å². The molecule has 1 unspecified atom stereocenters. The maximum atomic E-state index is 12.7. The highest BCUT2D eigenvalue weighted by atomic mass is 16.4. The molecule has 1 aliphatic rings. The molecule has 0 aliphatic carbocycles. The van der Waals surface area contributed by atoms with Crippen LogP contribution in [0, 0.1) is 0 Å². The fourth-order valence-corrected chi connectivity index (χ4v) is 3.32. The van der Waals surface area contributed by atoms with Crippen LogP contribution in [0.5, 0.6) is 0 Å². The molecule has 0 aromatic heterocycles. The highest BCUT2D eigenvalue weighted by molar-refractivity contribution is 5.85. The first kappa shape index (κ1) is 19.4. The van der Waals surface area contributed by atoms with Gasteiger partial charge in [0.2, 0.25) is 5.91 Å². The predicted octanol–water partition coefficient (Wildman–Crippen LogP) is 2.88. The van der Waals surface area contributed by atoms with E-state index in [9.17, 15) is 9.59 Å². The third-order valence-electron chi connectivity index (χ3n) is 4.86. The van der Waals surface area contributed by atoms with E-state index in [4.69, 9.17) is 5.11 Å². The molecule has 0 radical (unpaired) electrons. The average molecular weight is 346 g/mol. The molecule has 25 heavy (non-hydrogen) atoms. The van der Waals surface area contributed by atoms with E-state index in [0.717, 1.165) is 24.8 Å². The lowest BCUT2D eigenvalue weighted by molar-refractivity contribution is -0.146. The molecule has 138 valence electrons. The fraction of sp³-hybridized carbons (Fsp3) is 0.600. The number of carbonyl (C=O) groups excluding carboxylic acids is 1. The summed E-state index contributed by atoms with van der Waals surface area (Å²) in [5, 5.41) is 9.02. The smallest absolute Gasteiger partial charge is 0.323 e. The van der Waals surface area contributed by atoms with Crippen molar-refractivity contribution in [2.75, 3.05) is 20.1 Å². The Morgan fingerprint density at radius 3 is 2.44 bits per heavy atom. The number of nitrogens with zero attached hydrogens (tertiary/aromatic N) is 2. The number of likely N-dealkylation sites (tertiary alicyclic amines) is 1. The molecule has 0 saturated carbocycles. The number of aliphatic carboxylic acids is 1. The van der Waals surface area contributed by atoms with Crippen LogP contribution in [-0.4, -0.2) is 53.0 Å². The molecule has 0 bridgehead atoms. The SMILES string of the molecule is CN(Cc1ccc(C(C)(C)C)cc1)C1CCCCN(CC(=O)O)C1=O. The molecule has 0 spiro atoms. The van der Waals surface area contributed by atoms with Gasteiger partial charge in [-0.05, 0) is 42.9 Å². The van der Waals surface area contributed by atoms with Gasteiger partial charge in [0.05, 0.1) is 6.04 Å². The third kappa shape index (κ3) is 5.30. The zero-order valence-electron chi connectivity index (χ0n) is 15.8. The first-order chi connectivity index (χ1) is 11.7. The van der Waals surface area contributed by atoms with Crippen LogP contribution in [0.4, 0.5) is 0 Å². The second kappa shape index (κ2) is 8.00. The molecule has 1 fully saturated rings. The van der Waals surface area contributed by atoms with Gasteiger partial charge in [-0.15, -0.1) is 0 Å². The molecule has 2 rings (SSSR count). The van der Waals surface area contributed by atoms with Crippen LogP contribution in [0.25, 0.3) is 0 Å². The van der Waals surface area contributed by atoms with Crippen LogP contribution in [0.2, 0.25) is 0 Å². The van der Waals surface area contributed by atoms with Crippen molar-refractivity contribution in [3.05, 3.63) is 35.4 Å². The Hall–Kier alpha value is -1.88. The summed E-state index contributed by atoms with van der Waals surface area (Å²) in [5.74, 6) is -1.01. The number of benzene rings is 1. The van der Waals surface area contributed by atoms with Gasteiger partial charge in [-0.1, -0.05) is 45.0 Å². The molecule has 1 saturated heterocycles. The molecule has 1 heterocycles. The highest BCUT2D eigenvalue weighted by Crippen LogP contribution is 2.23. The highest BCUT2D eigenvalue weighted by Gasteiger charge is 2.30. The number of rotatable bonds is 5. The van der Waals surface area contributed by atoms with E-state index in [1.165, 1.54) is 10.5 Å². The lowest BCUT2D eigenvalue weighted by Gasteiger charge is -2.29. The van der Waals surface area contributed by atoms with Gasteiger partial charge in [-0.2, -0.15) is 0 Å². The maximum absolute atomic E-state index is 12.7. The van der Waals surface area contributed by atoms with Crippen molar-refractivity contribution < 1.29 is 14.7 Å². The number of carboxylic acid groups (broad SMARTS) is 1. The summed E-state index contributed by atoms with van der Waals surface area (Å²) in [4.78, 5) is 27.3. The summed E-state index contributed by atoms with van der Waals surface area (Å²) in [6, 6.07) is 8.29. The Kier molecular flexibility index (Phi) is 6.22. The number of hydrogen-bond donors (Lipinski definition) is 1. The minimum Gasteiger partial charge on any atom is -0.480 e. The van der Waals surface area contributed by atoms with Crippen LogP contribution in [0.3, 0.4) is 0 Å². The Morgan fingerprint density at radius 2 is 1.88 bits per heavy atom. The van der Waals surface area contributed by atoms with E-state index in [0.29, 0.717) is 13.1 Å². The summed E-state index contributed by atoms with van der Waals surface area (Å²) in [6.07, 6.45) is 2.59. The van der Waals surface area contributed by atoms with Gasteiger partial charge in [-0.25, -0.2) is 0 Å². The minimum absolute atomic E-state index is 0.0614. The summed E-state index contributed by atoms with van der Waals surface area (Å²) < 4.78 is 0. The van der Waals surface area contributed by atoms with Gasteiger partial charge in [0, 0.05) is 13.1 Å². The molecule has 5 nitrogen and oxygen atoms in total. The number of carbonyl (C=O) groups is 2. The number of carboxylic acids is 1. The standard InChI is InChI=1S/C20H30N2O3/c1-20(2,3)16-10-8-15(9-11-16)13-21(4)17-7-5-6-12-22(19(17)25)14-18(23)24/h8-11,17H,5-7,12-14H2,1-4H3,(H,23,24). The van der Waals surface area contributed by atoms with E-state index in [-0.39, 0.29) is 23.9 Å². The molecule has 1 aromatic rings. The number of hydrogen-bond acceptors (Lipinski definition) is 3. The predicted molar refractivity (Wildman–Crippen MR) is 98.5 cm³/mol. The van der Waals surface area contributed by atoms with Crippen LogP contribution in [0.15, 0.2) is 24.3 Å². The molecule has 5 heteroatoms. The lowest BCUT2D eigenvalue weighted by atomic mass is 9.87. The number of amides is 1. The Bertz CT molecular complexity index is 604. The fourth-order valence-electron chi connectivity index (χ4n) is 3.32. The second-order valence-electron chi connectivity index (χ2n) is 8.03. The van der Waals surface area contributed by atoms with Gasteiger partial charge in [-0.3, -0.25) is 14.5 Å². The van der Waals surface area contributed by atoms with Gasteiger partial charge in [0.1, 0.15) is 6.54 Å². The quantitative estimate of drug-likeness (QED) is 0.890. The second-order valence-corrected chi connectivity index (χ2v) is 8.03. The normalized spacial score (nSPS) is 19.2. The topological polar surface area (TPSA) is 60.9 Å². The maximum Gasteiger partial charge on any atom is 0.323 e. The van der Waals surface area contributed by atoms with E-state index in [2.05, 4.69) is 49.9 Å². The molecule has 1 aromatic carbocycles. The van der Waals surface area contributed by atoms with Crippen LogP contribution < -0.4 is 0 Å². The first-order valence-corrected chi connectivity index (χ1v) is 8.98. The molecule has 1 aliphatic heterocycles. The monoisotopic (exact) mass is 346 g/mol. The molecule has 1 N–H and O–H groups in total. The zero-order valence-corrected chi connectivity index (χ0v) is 15.8. The third-order valence-corrected chi connectivity index (χ3v) is 4.86. The van der Waals surface area contributed by atoms with Crippen LogP contribution in [-0.2, 0) is 21.5 Å². The Labute approximate surface area is 150 Å².